The number of ether oxygens (including phenoxy) is 1. The number of halogens is 1. The highest BCUT2D eigenvalue weighted by Crippen LogP contribution is 2.29. The van der Waals surface area contributed by atoms with Crippen LogP contribution in [0.2, 0.25) is 5.02 Å². The molecular formula is C28H29ClN4O3S. The number of fused-ring (bicyclic) bond motifs is 1. The van der Waals surface area contributed by atoms with Gasteiger partial charge in [-0.05, 0) is 61.3 Å². The van der Waals surface area contributed by atoms with Gasteiger partial charge in [0.15, 0.2) is 0 Å². The van der Waals surface area contributed by atoms with E-state index in [-0.39, 0.29) is 4.90 Å². The second-order valence-corrected chi connectivity index (χ2v) is 11.4. The van der Waals surface area contributed by atoms with Crippen molar-refractivity contribution in [1.29, 1.82) is 0 Å². The molecule has 0 amide bonds. The fraction of sp³-hybridized carbons (Fsp3) is 0.250. The normalized spacial score (nSPS) is 15.6. The Bertz CT molecular complexity index is 1520. The fourth-order valence-corrected chi connectivity index (χ4v) is 5.95. The number of nitrogens with one attached hydrogen (secondary N) is 1. The molecular weight excluding hydrogens is 508 g/mol. The Morgan fingerprint density at radius 3 is 2.57 bits per heavy atom. The average Bonchev–Trinajstić information content (AvgIpc) is 2.89. The highest BCUT2D eigenvalue weighted by molar-refractivity contribution is 7.89. The van der Waals surface area contributed by atoms with Crippen LogP contribution < -0.4 is 14.4 Å². The maximum atomic E-state index is 13.1. The minimum Gasteiger partial charge on any atom is -0.439 e. The number of aromatic nitrogens is 1. The predicted octanol–water partition coefficient (Wildman–Crippen LogP) is 5.47. The molecule has 192 valence electrons. The van der Waals surface area contributed by atoms with E-state index in [4.69, 9.17) is 16.3 Å². The first-order valence-electron chi connectivity index (χ1n) is 12.2. The molecule has 1 aliphatic rings. The standard InChI is InChI=1S/C28H29ClN4O3S/c1-20(31-37(34,35)25-9-10-26-22(17-25)5-3-8-27(26)29)21-11-12-30-28(18-21)36-24-7-4-6-23(19-24)33-15-13-32(2)14-16-33/h3-12,17-20,31H,13-16H2,1-2H3. The maximum Gasteiger partial charge on any atom is 0.241 e. The lowest BCUT2D eigenvalue weighted by Crippen LogP contribution is -2.44. The van der Waals surface area contributed by atoms with E-state index in [2.05, 4.69) is 32.6 Å². The third kappa shape index (κ3) is 5.88. The Labute approximate surface area is 222 Å². The number of rotatable bonds is 7. The molecule has 1 atom stereocenters. The Morgan fingerprint density at radius 2 is 1.76 bits per heavy atom. The van der Waals surface area contributed by atoms with Crippen molar-refractivity contribution in [2.45, 2.75) is 17.9 Å². The van der Waals surface area contributed by atoms with E-state index in [9.17, 15) is 8.42 Å². The van der Waals surface area contributed by atoms with Gasteiger partial charge in [-0.1, -0.05) is 35.9 Å². The Hall–Kier alpha value is -3.17. The summed E-state index contributed by atoms with van der Waals surface area (Å²) in [6.45, 7) is 5.78. The van der Waals surface area contributed by atoms with Crippen molar-refractivity contribution in [3.8, 4) is 11.6 Å². The van der Waals surface area contributed by atoms with Crippen LogP contribution in [0.1, 0.15) is 18.5 Å². The molecule has 0 radical (unpaired) electrons. The van der Waals surface area contributed by atoms with Crippen LogP contribution in [0.5, 0.6) is 11.6 Å². The minimum atomic E-state index is -3.77. The van der Waals surface area contributed by atoms with Crippen LogP contribution in [0.25, 0.3) is 10.8 Å². The zero-order chi connectivity index (χ0) is 26.0. The molecule has 1 fully saturated rings. The van der Waals surface area contributed by atoms with Crippen LogP contribution in [0, 0.1) is 0 Å². The molecule has 5 rings (SSSR count). The third-order valence-corrected chi connectivity index (χ3v) is 8.48. The van der Waals surface area contributed by atoms with Gasteiger partial charge in [-0.3, -0.25) is 0 Å². The Balaban J connectivity index is 1.30. The van der Waals surface area contributed by atoms with Gasteiger partial charge in [0.05, 0.1) is 4.90 Å². The molecule has 37 heavy (non-hydrogen) atoms. The monoisotopic (exact) mass is 536 g/mol. The number of sulfonamides is 1. The van der Waals surface area contributed by atoms with Crippen molar-refractivity contribution in [1.82, 2.24) is 14.6 Å². The average molecular weight is 537 g/mol. The number of hydrogen-bond acceptors (Lipinski definition) is 6. The summed E-state index contributed by atoms with van der Waals surface area (Å²) in [7, 11) is -1.64. The van der Waals surface area contributed by atoms with Gasteiger partial charge in [0.2, 0.25) is 15.9 Å². The van der Waals surface area contributed by atoms with Gasteiger partial charge < -0.3 is 14.5 Å². The Kier molecular flexibility index (Phi) is 7.35. The van der Waals surface area contributed by atoms with Crippen molar-refractivity contribution in [3.05, 3.63) is 89.6 Å². The molecule has 2 heterocycles. The molecule has 0 saturated carbocycles. The number of nitrogens with zero attached hydrogens (tertiary/aromatic N) is 3. The largest absolute Gasteiger partial charge is 0.439 e. The van der Waals surface area contributed by atoms with Crippen molar-refractivity contribution in [3.63, 3.8) is 0 Å². The van der Waals surface area contributed by atoms with E-state index >= 15 is 0 Å². The van der Waals surface area contributed by atoms with E-state index in [1.54, 1.807) is 55.6 Å². The first kappa shape index (κ1) is 25.5. The molecule has 1 saturated heterocycles. The first-order valence-corrected chi connectivity index (χ1v) is 14.0. The zero-order valence-corrected chi connectivity index (χ0v) is 22.3. The number of pyridine rings is 1. The quantitative estimate of drug-likeness (QED) is 0.337. The molecule has 1 unspecified atom stereocenters. The van der Waals surface area contributed by atoms with Crippen LogP contribution in [0.15, 0.2) is 83.9 Å². The van der Waals surface area contributed by atoms with Crippen LogP contribution in [-0.2, 0) is 10.0 Å². The van der Waals surface area contributed by atoms with E-state index in [1.807, 2.05) is 24.3 Å². The van der Waals surface area contributed by atoms with Gasteiger partial charge in [-0.2, -0.15) is 0 Å². The van der Waals surface area contributed by atoms with Crippen molar-refractivity contribution in [2.75, 3.05) is 38.1 Å². The SMILES string of the molecule is CC(NS(=O)(=O)c1ccc2c(Cl)cccc2c1)c1ccnc(Oc2cccc(N3CCN(C)CC3)c2)c1. The van der Waals surface area contributed by atoms with Crippen LogP contribution in [0.3, 0.4) is 0 Å². The summed E-state index contributed by atoms with van der Waals surface area (Å²) in [4.78, 5) is 9.17. The molecule has 0 aliphatic carbocycles. The third-order valence-electron chi connectivity index (χ3n) is 6.61. The van der Waals surface area contributed by atoms with E-state index in [1.165, 1.54) is 0 Å². The molecule has 1 N–H and O–H groups in total. The molecule has 3 aromatic carbocycles. The van der Waals surface area contributed by atoms with Crippen LogP contribution in [0.4, 0.5) is 5.69 Å². The van der Waals surface area contributed by atoms with Gasteiger partial charge in [-0.25, -0.2) is 18.1 Å². The van der Waals surface area contributed by atoms with Gasteiger partial charge >= 0.3 is 0 Å². The van der Waals surface area contributed by atoms with Gasteiger partial charge in [0.1, 0.15) is 5.75 Å². The predicted molar refractivity (Wildman–Crippen MR) is 148 cm³/mol. The minimum absolute atomic E-state index is 0.181. The smallest absolute Gasteiger partial charge is 0.241 e. The molecule has 1 aliphatic heterocycles. The summed E-state index contributed by atoms with van der Waals surface area (Å²) in [5.41, 5.74) is 1.85. The van der Waals surface area contributed by atoms with E-state index in [0.29, 0.717) is 16.7 Å². The summed E-state index contributed by atoms with van der Waals surface area (Å²) in [6.07, 6.45) is 1.62. The van der Waals surface area contributed by atoms with Gasteiger partial charge in [-0.15, -0.1) is 0 Å². The van der Waals surface area contributed by atoms with Gasteiger partial charge in [0, 0.05) is 66.6 Å². The topological polar surface area (TPSA) is 74.8 Å². The summed E-state index contributed by atoms with van der Waals surface area (Å²) in [6, 6.07) is 21.4. The number of piperazine rings is 1. The summed E-state index contributed by atoms with van der Waals surface area (Å²) >= 11 is 6.23. The summed E-state index contributed by atoms with van der Waals surface area (Å²) in [5.74, 6) is 1.09. The highest BCUT2D eigenvalue weighted by Gasteiger charge is 2.20. The van der Waals surface area contributed by atoms with Gasteiger partial charge in [0.25, 0.3) is 0 Å². The number of likely N-dealkylation sites (N-methyl/N-ethyl adjacent to an activating group) is 1. The second-order valence-electron chi connectivity index (χ2n) is 9.28. The van der Waals surface area contributed by atoms with E-state index < -0.39 is 16.1 Å². The molecule has 7 nitrogen and oxygen atoms in total. The molecule has 1 aromatic heterocycles. The van der Waals surface area contributed by atoms with Crippen LogP contribution >= 0.6 is 11.6 Å². The lowest BCUT2D eigenvalue weighted by molar-refractivity contribution is 0.312. The highest BCUT2D eigenvalue weighted by atomic mass is 35.5. The lowest BCUT2D eigenvalue weighted by atomic mass is 10.1. The first-order chi connectivity index (χ1) is 17.8. The van der Waals surface area contributed by atoms with Crippen molar-refractivity contribution < 1.29 is 13.2 Å². The molecule has 4 aromatic rings. The van der Waals surface area contributed by atoms with E-state index in [0.717, 1.165) is 48.2 Å². The number of benzene rings is 3. The number of hydrogen-bond donors (Lipinski definition) is 1. The zero-order valence-electron chi connectivity index (χ0n) is 20.8. The molecule has 0 spiro atoms. The molecule has 0 bridgehead atoms. The fourth-order valence-electron chi connectivity index (χ4n) is 4.44. The second kappa shape index (κ2) is 10.7. The number of anilines is 1. The maximum absolute atomic E-state index is 13.1. The Morgan fingerprint density at radius 1 is 0.973 bits per heavy atom. The van der Waals surface area contributed by atoms with Crippen molar-refractivity contribution >= 4 is 38.1 Å². The molecule has 9 heteroatoms. The van der Waals surface area contributed by atoms with Crippen molar-refractivity contribution in [2.24, 2.45) is 0 Å². The summed E-state index contributed by atoms with van der Waals surface area (Å²) < 4.78 is 35.1. The lowest BCUT2D eigenvalue weighted by Gasteiger charge is -2.34. The van der Waals surface area contributed by atoms with Crippen LogP contribution in [-0.4, -0.2) is 51.5 Å². The summed E-state index contributed by atoms with van der Waals surface area (Å²) in [5, 5.41) is 2.16.